The van der Waals surface area contributed by atoms with E-state index in [1.54, 1.807) is 24.3 Å². The predicted molar refractivity (Wildman–Crippen MR) is 141 cm³/mol. The van der Waals surface area contributed by atoms with E-state index in [9.17, 15) is 18.0 Å². The van der Waals surface area contributed by atoms with Crippen LogP contribution in [0.5, 0.6) is 0 Å². The number of nitrogens with zero attached hydrogens (tertiary/aromatic N) is 3. The standard InChI is InChI=1S/C26H29N5O4S/c1-20(32)28-23-11-15-25(16-12-23)36(34,35)31(18-22-7-5-4-6-8-22)19-26(33)29-27-17-21-9-13-24(14-10-21)30(2)3/h4-17H,18-19H2,1-3H3,(H,28,32)(H,29,33)/b27-17+. The van der Waals surface area contributed by atoms with Gasteiger partial charge in [-0.15, -0.1) is 0 Å². The van der Waals surface area contributed by atoms with Crippen molar-refractivity contribution in [1.82, 2.24) is 9.73 Å². The molecule has 0 aromatic heterocycles. The van der Waals surface area contributed by atoms with Crippen LogP contribution in [-0.4, -0.2) is 51.4 Å². The Labute approximate surface area is 211 Å². The lowest BCUT2D eigenvalue weighted by atomic mass is 10.2. The van der Waals surface area contributed by atoms with Gasteiger partial charge in [0.25, 0.3) is 5.91 Å². The summed E-state index contributed by atoms with van der Waals surface area (Å²) >= 11 is 0. The molecule has 0 saturated heterocycles. The lowest BCUT2D eigenvalue weighted by Crippen LogP contribution is -2.39. The van der Waals surface area contributed by atoms with Crippen molar-refractivity contribution in [3.8, 4) is 0 Å². The van der Waals surface area contributed by atoms with Crippen molar-refractivity contribution in [3.05, 3.63) is 90.0 Å². The second kappa shape index (κ2) is 12.1. The molecule has 10 heteroatoms. The van der Waals surface area contributed by atoms with Gasteiger partial charge in [-0.2, -0.15) is 9.41 Å². The molecule has 3 aromatic carbocycles. The molecule has 0 aliphatic rings. The Bertz CT molecular complexity index is 1310. The van der Waals surface area contributed by atoms with Crippen LogP contribution in [0.25, 0.3) is 0 Å². The Morgan fingerprint density at radius 2 is 1.56 bits per heavy atom. The van der Waals surface area contributed by atoms with Gasteiger partial charge in [0, 0.05) is 38.9 Å². The van der Waals surface area contributed by atoms with E-state index < -0.39 is 22.5 Å². The topological polar surface area (TPSA) is 111 Å². The molecule has 0 aliphatic carbocycles. The van der Waals surface area contributed by atoms with Crippen molar-refractivity contribution >= 4 is 39.4 Å². The maximum absolute atomic E-state index is 13.4. The van der Waals surface area contributed by atoms with Gasteiger partial charge in [-0.3, -0.25) is 9.59 Å². The second-order valence-corrected chi connectivity index (χ2v) is 10.2. The number of hydrogen-bond acceptors (Lipinski definition) is 6. The number of nitrogens with one attached hydrogen (secondary N) is 2. The lowest BCUT2D eigenvalue weighted by Gasteiger charge is -2.21. The number of sulfonamides is 1. The van der Waals surface area contributed by atoms with E-state index in [1.807, 2.05) is 49.3 Å². The van der Waals surface area contributed by atoms with Crippen molar-refractivity contribution in [1.29, 1.82) is 0 Å². The first-order valence-electron chi connectivity index (χ1n) is 11.2. The van der Waals surface area contributed by atoms with Crippen LogP contribution in [0.15, 0.2) is 88.9 Å². The quantitative estimate of drug-likeness (QED) is 0.324. The minimum atomic E-state index is -4.03. The van der Waals surface area contributed by atoms with Gasteiger partial charge in [0.1, 0.15) is 0 Å². The van der Waals surface area contributed by atoms with Crippen LogP contribution in [0.2, 0.25) is 0 Å². The smallest absolute Gasteiger partial charge is 0.255 e. The average Bonchev–Trinajstić information content (AvgIpc) is 2.84. The predicted octanol–water partition coefficient (Wildman–Crippen LogP) is 3.05. The Kier molecular flexibility index (Phi) is 8.93. The van der Waals surface area contributed by atoms with E-state index in [4.69, 9.17) is 0 Å². The zero-order valence-electron chi connectivity index (χ0n) is 20.4. The Balaban J connectivity index is 1.75. The van der Waals surface area contributed by atoms with Crippen molar-refractivity contribution in [2.75, 3.05) is 30.9 Å². The zero-order chi connectivity index (χ0) is 26.1. The Morgan fingerprint density at radius 3 is 2.14 bits per heavy atom. The summed E-state index contributed by atoms with van der Waals surface area (Å²) in [6.07, 6.45) is 1.49. The molecule has 3 aromatic rings. The van der Waals surface area contributed by atoms with Crippen molar-refractivity contribution in [2.24, 2.45) is 5.10 Å². The van der Waals surface area contributed by atoms with E-state index in [-0.39, 0.29) is 17.3 Å². The fraction of sp³-hybridized carbons (Fsp3) is 0.192. The molecule has 0 heterocycles. The highest BCUT2D eigenvalue weighted by molar-refractivity contribution is 7.89. The van der Waals surface area contributed by atoms with E-state index in [0.717, 1.165) is 21.1 Å². The number of anilines is 2. The van der Waals surface area contributed by atoms with E-state index >= 15 is 0 Å². The van der Waals surface area contributed by atoms with Crippen LogP contribution in [0, 0.1) is 0 Å². The molecule has 188 valence electrons. The number of benzene rings is 3. The van der Waals surface area contributed by atoms with Gasteiger partial charge in [-0.25, -0.2) is 13.8 Å². The van der Waals surface area contributed by atoms with Gasteiger partial charge >= 0.3 is 0 Å². The maximum atomic E-state index is 13.4. The van der Waals surface area contributed by atoms with E-state index in [1.165, 1.54) is 37.4 Å². The molecule has 2 amide bonds. The molecule has 0 spiro atoms. The van der Waals surface area contributed by atoms with Gasteiger partial charge in [0.2, 0.25) is 15.9 Å². The summed E-state index contributed by atoms with van der Waals surface area (Å²) in [5.41, 5.74) is 5.43. The van der Waals surface area contributed by atoms with Crippen molar-refractivity contribution in [2.45, 2.75) is 18.4 Å². The first-order valence-corrected chi connectivity index (χ1v) is 12.6. The van der Waals surface area contributed by atoms with Crippen LogP contribution < -0.4 is 15.6 Å². The highest BCUT2D eigenvalue weighted by atomic mass is 32.2. The summed E-state index contributed by atoms with van der Waals surface area (Å²) in [5, 5.41) is 6.57. The molecule has 0 fully saturated rings. The lowest BCUT2D eigenvalue weighted by molar-refractivity contribution is -0.121. The summed E-state index contributed by atoms with van der Waals surface area (Å²) in [5.74, 6) is -0.840. The van der Waals surface area contributed by atoms with Gasteiger partial charge in [0.15, 0.2) is 0 Å². The number of rotatable bonds is 10. The molecule has 0 radical (unpaired) electrons. The second-order valence-electron chi connectivity index (χ2n) is 8.24. The largest absolute Gasteiger partial charge is 0.378 e. The van der Waals surface area contributed by atoms with Gasteiger partial charge in [-0.05, 0) is 47.5 Å². The molecule has 36 heavy (non-hydrogen) atoms. The molecule has 0 unspecified atom stereocenters. The molecule has 3 rings (SSSR count). The normalized spacial score (nSPS) is 11.4. The molecule has 0 saturated carbocycles. The van der Waals surface area contributed by atoms with Crippen molar-refractivity contribution < 1.29 is 18.0 Å². The van der Waals surface area contributed by atoms with Crippen LogP contribution in [0.4, 0.5) is 11.4 Å². The maximum Gasteiger partial charge on any atom is 0.255 e. The van der Waals surface area contributed by atoms with Crippen LogP contribution in [0.3, 0.4) is 0 Å². The highest BCUT2D eigenvalue weighted by Gasteiger charge is 2.27. The minimum absolute atomic E-state index is 0.000245. The third-order valence-electron chi connectivity index (χ3n) is 5.15. The fourth-order valence-corrected chi connectivity index (χ4v) is 4.69. The number of carbonyl (C=O) groups is 2. The van der Waals surface area contributed by atoms with Crippen LogP contribution in [-0.2, 0) is 26.2 Å². The van der Waals surface area contributed by atoms with Crippen molar-refractivity contribution in [3.63, 3.8) is 0 Å². The SMILES string of the molecule is CC(=O)Nc1ccc(S(=O)(=O)N(CC(=O)N/N=C/c2ccc(N(C)C)cc2)Cc2ccccc2)cc1. The molecular formula is C26H29N5O4S. The molecule has 2 N–H and O–H groups in total. The number of hydrogen-bond donors (Lipinski definition) is 2. The molecular weight excluding hydrogens is 478 g/mol. The van der Waals surface area contributed by atoms with Crippen LogP contribution in [0.1, 0.15) is 18.1 Å². The Morgan fingerprint density at radius 1 is 0.917 bits per heavy atom. The molecule has 0 bridgehead atoms. The first kappa shape index (κ1) is 26.6. The zero-order valence-corrected chi connectivity index (χ0v) is 21.2. The summed E-state index contributed by atoms with van der Waals surface area (Å²) in [7, 11) is -0.146. The average molecular weight is 508 g/mol. The third kappa shape index (κ3) is 7.49. The molecule has 0 atom stereocenters. The summed E-state index contributed by atoms with van der Waals surface area (Å²) in [6.45, 7) is 0.938. The van der Waals surface area contributed by atoms with Crippen LogP contribution >= 0.6 is 0 Å². The number of hydrazone groups is 1. The summed E-state index contributed by atoms with van der Waals surface area (Å²) in [6, 6.07) is 22.4. The minimum Gasteiger partial charge on any atom is -0.378 e. The summed E-state index contributed by atoms with van der Waals surface area (Å²) in [4.78, 5) is 25.9. The van der Waals surface area contributed by atoms with Gasteiger partial charge in [-0.1, -0.05) is 42.5 Å². The Hall–Kier alpha value is -4.02. The summed E-state index contributed by atoms with van der Waals surface area (Å²) < 4.78 is 27.9. The molecule has 0 aliphatic heterocycles. The monoisotopic (exact) mass is 507 g/mol. The number of amides is 2. The van der Waals surface area contributed by atoms with Gasteiger partial charge in [0.05, 0.1) is 17.7 Å². The third-order valence-corrected chi connectivity index (χ3v) is 6.95. The first-order chi connectivity index (χ1) is 17.1. The van der Waals surface area contributed by atoms with Gasteiger partial charge < -0.3 is 10.2 Å². The van der Waals surface area contributed by atoms with E-state index in [2.05, 4.69) is 15.8 Å². The molecule has 9 nitrogen and oxygen atoms in total. The highest BCUT2D eigenvalue weighted by Crippen LogP contribution is 2.20. The number of carbonyl (C=O) groups excluding carboxylic acids is 2. The fourth-order valence-electron chi connectivity index (χ4n) is 3.31. The van der Waals surface area contributed by atoms with E-state index in [0.29, 0.717) is 5.69 Å².